The lowest BCUT2D eigenvalue weighted by Crippen LogP contribution is -2.20. The highest BCUT2D eigenvalue weighted by atomic mass is 16.2. The van der Waals surface area contributed by atoms with E-state index in [1.165, 1.54) is 10.6 Å². The molecule has 0 amide bonds. The number of aromatic nitrogens is 4. The molecule has 0 saturated heterocycles. The number of hydrogen-bond acceptors (Lipinski definition) is 4. The minimum absolute atomic E-state index is 0.0282. The molecule has 0 atom stereocenters. The Hall–Kier alpha value is -2.31. The molecule has 0 aliphatic rings. The van der Waals surface area contributed by atoms with Gasteiger partial charge >= 0.3 is 5.69 Å². The average Bonchev–Trinajstić information content (AvgIpc) is 2.43. The quantitative estimate of drug-likeness (QED) is 0.559. The molecule has 0 aliphatic heterocycles. The fraction of sp³-hybridized carbons (Fsp3) is 0.125. The van der Waals surface area contributed by atoms with Crippen LogP contribution in [0.1, 0.15) is 0 Å². The topological polar surface area (TPSA) is 110 Å². The molecule has 78 valence electrons. The molecule has 0 bridgehead atoms. The molecule has 2 aromatic rings. The first-order chi connectivity index (χ1) is 7.13. The smallest absolute Gasteiger partial charge is 0.328 e. The molecule has 2 heterocycles. The number of nitrogens with two attached hydrogens (primary N) is 1. The minimum Gasteiger partial charge on any atom is -0.369 e. The molecule has 7 nitrogen and oxygen atoms in total. The number of rotatable bonds is 2. The lowest BCUT2D eigenvalue weighted by molar-refractivity contribution is 0.805. The number of aromatic amines is 2. The van der Waals surface area contributed by atoms with E-state index in [0.29, 0.717) is 0 Å². The van der Waals surface area contributed by atoms with Crippen LogP contribution in [0.15, 0.2) is 22.2 Å². The molecule has 0 aromatic carbocycles. The van der Waals surface area contributed by atoms with Gasteiger partial charge in [-0.2, -0.15) is 4.98 Å². The van der Waals surface area contributed by atoms with Gasteiger partial charge in [0.05, 0.1) is 0 Å². The van der Waals surface area contributed by atoms with Gasteiger partial charge in [-0.1, -0.05) is 6.08 Å². The summed E-state index contributed by atoms with van der Waals surface area (Å²) < 4.78 is 1.24. The number of nitrogens with zero attached hydrogens (tertiary/aromatic N) is 2. The molecule has 7 heteroatoms. The van der Waals surface area contributed by atoms with Crippen molar-refractivity contribution in [2.45, 2.75) is 6.54 Å². The van der Waals surface area contributed by atoms with Crippen LogP contribution in [0.2, 0.25) is 0 Å². The lowest BCUT2D eigenvalue weighted by atomic mass is 10.5. The number of fused-ring (bicyclic) bond motifs is 1. The number of imidazole rings is 1. The van der Waals surface area contributed by atoms with Crippen molar-refractivity contribution in [3.8, 4) is 0 Å². The van der Waals surface area contributed by atoms with Crippen LogP contribution in [0.3, 0.4) is 0 Å². The summed E-state index contributed by atoms with van der Waals surface area (Å²) in [5, 5.41) is 0. The van der Waals surface area contributed by atoms with Gasteiger partial charge in [-0.05, 0) is 0 Å². The maximum atomic E-state index is 11.5. The van der Waals surface area contributed by atoms with Gasteiger partial charge in [0.25, 0.3) is 5.56 Å². The van der Waals surface area contributed by atoms with E-state index in [-0.39, 0.29) is 23.7 Å². The molecule has 0 spiro atoms. The van der Waals surface area contributed by atoms with E-state index in [2.05, 4.69) is 21.5 Å². The fourth-order valence-corrected chi connectivity index (χ4v) is 1.40. The molecular formula is C8H9N5O2. The van der Waals surface area contributed by atoms with E-state index in [1.54, 1.807) is 0 Å². The fourth-order valence-electron chi connectivity index (χ4n) is 1.40. The number of H-pyrrole nitrogens is 2. The second-order valence-electron chi connectivity index (χ2n) is 2.98. The molecule has 0 aliphatic carbocycles. The zero-order valence-corrected chi connectivity index (χ0v) is 7.78. The largest absolute Gasteiger partial charge is 0.369 e. The van der Waals surface area contributed by atoms with Crippen molar-refractivity contribution in [3.63, 3.8) is 0 Å². The average molecular weight is 207 g/mol. The molecule has 4 N–H and O–H groups in total. The number of anilines is 1. The predicted octanol–water partition coefficient (Wildman–Crippen LogP) is -0.819. The third-order valence-corrected chi connectivity index (χ3v) is 1.97. The first-order valence-corrected chi connectivity index (χ1v) is 4.22. The SMILES string of the molecule is C=CCn1c(=O)[nH]c2nc(N)[nH]c(=O)c21. The van der Waals surface area contributed by atoms with Crippen LogP contribution in [-0.4, -0.2) is 19.5 Å². The van der Waals surface area contributed by atoms with Crippen LogP contribution in [0.4, 0.5) is 5.95 Å². The predicted molar refractivity (Wildman–Crippen MR) is 55.6 cm³/mol. The second-order valence-corrected chi connectivity index (χ2v) is 2.98. The van der Waals surface area contributed by atoms with E-state index in [4.69, 9.17) is 5.73 Å². The van der Waals surface area contributed by atoms with Gasteiger partial charge in [0.15, 0.2) is 11.2 Å². The first kappa shape index (κ1) is 9.25. The maximum absolute atomic E-state index is 11.5. The van der Waals surface area contributed by atoms with Gasteiger partial charge in [0.1, 0.15) is 0 Å². The molecule has 0 radical (unpaired) electrons. The van der Waals surface area contributed by atoms with Crippen LogP contribution in [0, 0.1) is 0 Å². The monoisotopic (exact) mass is 207 g/mol. The lowest BCUT2D eigenvalue weighted by Gasteiger charge is -1.96. The van der Waals surface area contributed by atoms with Crippen LogP contribution in [0.25, 0.3) is 11.2 Å². The zero-order valence-electron chi connectivity index (χ0n) is 7.78. The molecule has 0 saturated carbocycles. The van der Waals surface area contributed by atoms with Gasteiger partial charge in [-0.25, -0.2) is 4.79 Å². The number of hydrogen-bond donors (Lipinski definition) is 3. The third kappa shape index (κ3) is 1.33. The Morgan fingerprint density at radius 3 is 2.87 bits per heavy atom. The van der Waals surface area contributed by atoms with Crippen molar-refractivity contribution in [2.24, 2.45) is 0 Å². The van der Waals surface area contributed by atoms with Gasteiger partial charge in [0.2, 0.25) is 5.95 Å². The van der Waals surface area contributed by atoms with E-state index < -0.39 is 11.2 Å². The maximum Gasteiger partial charge on any atom is 0.328 e. The Labute approximate surface area is 83.3 Å². The van der Waals surface area contributed by atoms with Crippen LogP contribution in [-0.2, 0) is 6.54 Å². The number of nitrogen functional groups attached to an aromatic ring is 1. The summed E-state index contributed by atoms with van der Waals surface area (Å²) in [6.45, 7) is 3.74. The highest BCUT2D eigenvalue weighted by Crippen LogP contribution is 2.01. The van der Waals surface area contributed by atoms with Crippen molar-refractivity contribution in [1.29, 1.82) is 0 Å². The first-order valence-electron chi connectivity index (χ1n) is 4.22. The normalized spacial score (nSPS) is 10.7. The van der Waals surface area contributed by atoms with Crippen molar-refractivity contribution >= 4 is 17.1 Å². The van der Waals surface area contributed by atoms with Crippen LogP contribution in [0.5, 0.6) is 0 Å². The van der Waals surface area contributed by atoms with Crippen molar-refractivity contribution in [3.05, 3.63) is 33.5 Å². The zero-order chi connectivity index (χ0) is 11.0. The summed E-state index contributed by atoms with van der Waals surface area (Å²) in [6, 6.07) is 0. The Morgan fingerprint density at radius 2 is 2.20 bits per heavy atom. The van der Waals surface area contributed by atoms with Crippen LogP contribution < -0.4 is 17.0 Å². The number of nitrogens with one attached hydrogen (secondary N) is 2. The summed E-state index contributed by atoms with van der Waals surface area (Å²) in [6.07, 6.45) is 1.52. The van der Waals surface area contributed by atoms with Gasteiger partial charge in [-0.15, -0.1) is 6.58 Å². The Balaban J connectivity index is 2.93. The van der Waals surface area contributed by atoms with E-state index in [9.17, 15) is 9.59 Å². The summed E-state index contributed by atoms with van der Waals surface area (Å²) in [5.41, 5.74) is 4.84. The Bertz CT molecular complexity index is 632. The molecule has 2 aromatic heterocycles. The van der Waals surface area contributed by atoms with E-state index in [1.807, 2.05) is 0 Å². The van der Waals surface area contributed by atoms with Crippen molar-refractivity contribution in [2.75, 3.05) is 5.73 Å². The van der Waals surface area contributed by atoms with E-state index >= 15 is 0 Å². The van der Waals surface area contributed by atoms with Crippen LogP contribution >= 0.6 is 0 Å². The Morgan fingerprint density at radius 1 is 1.47 bits per heavy atom. The summed E-state index contributed by atoms with van der Waals surface area (Å²) >= 11 is 0. The standard InChI is InChI=1S/C8H9N5O2/c1-2-3-13-4-5(11-8(13)15)10-7(9)12-6(4)14/h2H,1,3H2,(H4,9,10,11,12,14,15). The minimum atomic E-state index is -0.447. The highest BCUT2D eigenvalue weighted by Gasteiger charge is 2.10. The Kier molecular flexibility index (Phi) is 1.93. The molecule has 2 rings (SSSR count). The summed E-state index contributed by atoms with van der Waals surface area (Å²) in [4.78, 5) is 31.5. The van der Waals surface area contributed by atoms with Crippen molar-refractivity contribution in [1.82, 2.24) is 19.5 Å². The molecule has 15 heavy (non-hydrogen) atoms. The number of allylic oxidation sites excluding steroid dienone is 1. The second kappa shape index (κ2) is 3.12. The van der Waals surface area contributed by atoms with Gasteiger partial charge in [-0.3, -0.25) is 19.3 Å². The summed E-state index contributed by atoms with van der Waals surface area (Å²) in [7, 11) is 0. The third-order valence-electron chi connectivity index (χ3n) is 1.97. The van der Waals surface area contributed by atoms with E-state index in [0.717, 1.165) is 0 Å². The van der Waals surface area contributed by atoms with Crippen molar-refractivity contribution < 1.29 is 0 Å². The highest BCUT2D eigenvalue weighted by molar-refractivity contribution is 5.70. The molecule has 0 unspecified atom stereocenters. The summed E-state index contributed by atoms with van der Waals surface area (Å²) in [5.74, 6) is -0.0282. The van der Waals surface area contributed by atoms with Gasteiger partial charge in [0, 0.05) is 6.54 Å². The molecule has 0 fully saturated rings. The van der Waals surface area contributed by atoms with Gasteiger partial charge < -0.3 is 5.73 Å². The molecular weight excluding hydrogens is 198 g/mol.